The Bertz CT molecular complexity index is 1300. The van der Waals surface area contributed by atoms with Crippen LogP contribution in [0.3, 0.4) is 0 Å². The molecule has 204 valence electrons. The van der Waals surface area contributed by atoms with Crippen LogP contribution < -0.4 is 10.6 Å². The molecule has 1 heterocycles. The molecular weight excluding hydrogens is 518 g/mol. The van der Waals surface area contributed by atoms with Gasteiger partial charge < -0.3 is 25.7 Å². The fraction of sp³-hybridized carbons (Fsp3) is 0.385. The third-order valence-electron chi connectivity index (χ3n) is 6.46. The Kier molecular flexibility index (Phi) is 8.44. The number of halogens is 2. The molecule has 1 amide bonds. The third-order valence-corrected chi connectivity index (χ3v) is 7.74. The predicted octanol–water partition coefficient (Wildman–Crippen LogP) is 3.18. The number of piperazine rings is 1. The maximum atomic E-state index is 13.7. The Hall–Kier alpha value is -3.35. The average molecular weight is 549 g/mol. The molecule has 1 aliphatic carbocycles. The fourth-order valence-electron chi connectivity index (χ4n) is 3.98. The first-order valence-corrected chi connectivity index (χ1v) is 13.6. The van der Waals surface area contributed by atoms with E-state index in [0.29, 0.717) is 45.1 Å². The highest BCUT2D eigenvalue weighted by Crippen LogP contribution is 2.47. The summed E-state index contributed by atoms with van der Waals surface area (Å²) in [6.45, 7) is 3.97. The van der Waals surface area contributed by atoms with Crippen molar-refractivity contribution >= 4 is 27.9 Å². The normalized spacial score (nSPS) is 17.4. The lowest BCUT2D eigenvalue weighted by Gasteiger charge is -2.31. The number of nitrogens with one attached hydrogen (secondary N) is 3. The van der Waals surface area contributed by atoms with Crippen molar-refractivity contribution in [1.29, 1.82) is 5.41 Å². The van der Waals surface area contributed by atoms with Crippen molar-refractivity contribution in [3.8, 4) is 0 Å². The Morgan fingerprint density at radius 2 is 1.74 bits per heavy atom. The Labute approximate surface area is 220 Å². The van der Waals surface area contributed by atoms with Gasteiger partial charge in [-0.2, -0.15) is 8.42 Å². The zero-order valence-corrected chi connectivity index (χ0v) is 21.7. The van der Waals surface area contributed by atoms with E-state index in [1.165, 1.54) is 12.1 Å². The molecule has 4 rings (SSSR count). The number of allylic oxidation sites excluding steroid dienone is 1. The highest BCUT2D eigenvalue weighted by atomic mass is 32.2. The number of aryl methyl sites for hydroxylation is 1. The van der Waals surface area contributed by atoms with Crippen LogP contribution in [-0.4, -0.2) is 64.8 Å². The second-order valence-corrected chi connectivity index (χ2v) is 11.1. The molecule has 9 nitrogen and oxygen atoms in total. The molecule has 1 saturated heterocycles. The van der Waals surface area contributed by atoms with Gasteiger partial charge in [0.2, 0.25) is 5.76 Å². The number of hydrogen-bond donors (Lipinski definition) is 3. The number of benzene rings is 2. The van der Waals surface area contributed by atoms with Crippen LogP contribution in [0.25, 0.3) is 0 Å². The van der Waals surface area contributed by atoms with Gasteiger partial charge in [-0.25, -0.2) is 8.78 Å². The molecule has 0 bridgehead atoms. The molecule has 1 aliphatic heterocycles. The summed E-state index contributed by atoms with van der Waals surface area (Å²) >= 11 is 0. The van der Waals surface area contributed by atoms with Crippen LogP contribution in [0.1, 0.15) is 18.4 Å². The predicted molar refractivity (Wildman–Crippen MR) is 137 cm³/mol. The summed E-state index contributed by atoms with van der Waals surface area (Å²) in [4.78, 5) is 15.1. The highest BCUT2D eigenvalue weighted by molar-refractivity contribution is 7.86. The smallest absolute Gasteiger partial charge is 0.296 e. The number of ether oxygens (including phenoxy) is 1. The van der Waals surface area contributed by atoms with Gasteiger partial charge in [-0.15, -0.1) is 0 Å². The summed E-state index contributed by atoms with van der Waals surface area (Å²) in [6, 6.07) is 8.95. The molecule has 3 N–H and O–H groups in total. The molecule has 0 spiro atoms. The van der Waals surface area contributed by atoms with Gasteiger partial charge in [0.1, 0.15) is 17.3 Å². The number of amides is 1. The standard InChI is InChI=1S/C26H30F2N4O5S/c1-18-2-4-22(5-3-18)38(34,35)37-17-26(6-7-26)16-36-24(23(15-29)32-10-8-30-9-11-32)25(33)31-21-13-19(27)12-20(28)14-21/h2-5,12-15,29-30H,6-11,16-17H2,1H3,(H,31,33)/b24-23-,29-15?. The summed E-state index contributed by atoms with van der Waals surface area (Å²) < 4.78 is 63.9. The van der Waals surface area contributed by atoms with Gasteiger partial charge in [-0.05, 0) is 44.0 Å². The number of nitrogens with zero attached hydrogens (tertiary/aromatic N) is 1. The molecule has 0 unspecified atom stereocenters. The number of carbonyl (C=O) groups is 1. The minimum atomic E-state index is -3.98. The van der Waals surface area contributed by atoms with Gasteiger partial charge in [0, 0.05) is 49.6 Å². The van der Waals surface area contributed by atoms with Gasteiger partial charge in [0.05, 0.1) is 18.1 Å². The van der Waals surface area contributed by atoms with Crippen molar-refractivity contribution in [3.63, 3.8) is 0 Å². The summed E-state index contributed by atoms with van der Waals surface area (Å²) in [6.07, 6.45) is 2.24. The van der Waals surface area contributed by atoms with Crippen molar-refractivity contribution in [3.05, 3.63) is 71.1 Å². The zero-order chi connectivity index (χ0) is 27.3. The van der Waals surface area contributed by atoms with Crippen molar-refractivity contribution in [2.45, 2.75) is 24.7 Å². The van der Waals surface area contributed by atoms with E-state index in [9.17, 15) is 22.0 Å². The fourth-order valence-corrected chi connectivity index (χ4v) is 4.99. The van der Waals surface area contributed by atoms with Crippen LogP contribution in [0.5, 0.6) is 0 Å². The third kappa shape index (κ3) is 6.94. The molecule has 2 aliphatic rings. The monoisotopic (exact) mass is 548 g/mol. The quantitative estimate of drug-likeness (QED) is 0.171. The Balaban J connectivity index is 1.51. The average Bonchev–Trinajstić information content (AvgIpc) is 3.66. The summed E-state index contributed by atoms with van der Waals surface area (Å²) in [5.41, 5.74) is 0.392. The van der Waals surface area contributed by atoms with Crippen LogP contribution in [0, 0.1) is 29.4 Å². The number of hydrogen-bond acceptors (Lipinski definition) is 8. The minimum Gasteiger partial charge on any atom is -0.486 e. The maximum absolute atomic E-state index is 13.7. The van der Waals surface area contributed by atoms with E-state index in [4.69, 9.17) is 14.3 Å². The Morgan fingerprint density at radius 1 is 1.11 bits per heavy atom. The van der Waals surface area contributed by atoms with Crippen LogP contribution in [0.4, 0.5) is 14.5 Å². The minimum absolute atomic E-state index is 0.0416. The van der Waals surface area contributed by atoms with Crippen molar-refractivity contribution < 1.29 is 30.9 Å². The Morgan fingerprint density at radius 3 is 2.32 bits per heavy atom. The highest BCUT2D eigenvalue weighted by Gasteiger charge is 2.46. The first-order chi connectivity index (χ1) is 18.1. The molecule has 0 aromatic heterocycles. The van der Waals surface area contributed by atoms with Gasteiger partial charge >= 0.3 is 0 Å². The van der Waals surface area contributed by atoms with E-state index < -0.39 is 33.1 Å². The summed E-state index contributed by atoms with van der Waals surface area (Å²) in [5.74, 6) is -2.69. The van der Waals surface area contributed by atoms with Gasteiger partial charge in [0.15, 0.2) is 0 Å². The second kappa shape index (κ2) is 11.6. The second-order valence-electron chi connectivity index (χ2n) is 9.53. The first-order valence-electron chi connectivity index (χ1n) is 12.2. The van der Waals surface area contributed by atoms with Crippen LogP contribution in [0.2, 0.25) is 0 Å². The molecule has 0 atom stereocenters. The number of anilines is 1. The molecule has 0 radical (unpaired) electrons. The van der Waals surface area contributed by atoms with E-state index >= 15 is 0 Å². The van der Waals surface area contributed by atoms with Crippen LogP contribution >= 0.6 is 0 Å². The summed E-state index contributed by atoms with van der Waals surface area (Å²) in [5, 5.41) is 13.6. The van der Waals surface area contributed by atoms with Gasteiger partial charge in [-0.3, -0.25) is 8.98 Å². The van der Waals surface area contributed by atoms with Crippen LogP contribution in [-0.2, 0) is 23.8 Å². The maximum Gasteiger partial charge on any atom is 0.296 e. The molecule has 12 heteroatoms. The van der Waals surface area contributed by atoms with E-state index in [0.717, 1.165) is 23.9 Å². The van der Waals surface area contributed by atoms with Crippen molar-refractivity contribution in [1.82, 2.24) is 10.2 Å². The molecule has 38 heavy (non-hydrogen) atoms. The molecule has 2 fully saturated rings. The number of rotatable bonds is 11. The topological polar surface area (TPSA) is 121 Å². The lowest BCUT2D eigenvalue weighted by atomic mass is 10.1. The zero-order valence-electron chi connectivity index (χ0n) is 20.9. The molecule has 1 saturated carbocycles. The van der Waals surface area contributed by atoms with Gasteiger partial charge in [0.25, 0.3) is 16.0 Å². The first kappa shape index (κ1) is 27.7. The van der Waals surface area contributed by atoms with E-state index in [1.807, 2.05) is 11.8 Å². The van der Waals surface area contributed by atoms with Crippen LogP contribution in [0.15, 0.2) is 58.8 Å². The molecular formula is C26H30F2N4O5S. The lowest BCUT2D eigenvalue weighted by molar-refractivity contribution is -0.116. The lowest BCUT2D eigenvalue weighted by Crippen LogP contribution is -2.44. The van der Waals surface area contributed by atoms with E-state index in [2.05, 4.69) is 10.6 Å². The molecule has 2 aromatic carbocycles. The van der Waals surface area contributed by atoms with Gasteiger partial charge in [-0.1, -0.05) is 17.7 Å². The van der Waals surface area contributed by atoms with Crippen molar-refractivity contribution in [2.75, 3.05) is 44.7 Å². The summed E-state index contributed by atoms with van der Waals surface area (Å²) in [7, 11) is -3.98. The largest absolute Gasteiger partial charge is 0.486 e. The van der Waals surface area contributed by atoms with E-state index in [-0.39, 0.29) is 35.3 Å². The SMILES string of the molecule is Cc1ccc(S(=O)(=O)OCC2(CO/C(C(=O)Nc3cc(F)cc(F)c3)=C(/C=N)N3CCNCC3)CC2)cc1. The van der Waals surface area contributed by atoms with Crippen molar-refractivity contribution in [2.24, 2.45) is 5.41 Å². The molecule has 2 aromatic rings. The van der Waals surface area contributed by atoms with E-state index in [1.54, 1.807) is 12.1 Å². The number of carbonyl (C=O) groups excluding carboxylic acids is 1.